The van der Waals surface area contributed by atoms with Crippen LogP contribution in [-0.2, 0) is 6.42 Å². The topological polar surface area (TPSA) is 76.4 Å². The molecule has 108 valence electrons. The van der Waals surface area contributed by atoms with E-state index in [0.29, 0.717) is 12.5 Å². The van der Waals surface area contributed by atoms with E-state index in [-0.39, 0.29) is 24.0 Å². The Hall–Kier alpha value is -1.05. The molecule has 0 atom stereocenters. The van der Waals surface area contributed by atoms with Crippen LogP contribution >= 0.6 is 24.0 Å². The van der Waals surface area contributed by atoms with Gasteiger partial charge in [-0.3, -0.25) is 0 Å². The molecular weight excluding hydrogens is 355 g/mol. The third-order valence-electron chi connectivity index (χ3n) is 2.61. The van der Waals surface area contributed by atoms with E-state index in [0.717, 1.165) is 36.4 Å². The smallest absolute Gasteiger partial charge is 0.188 e. The maximum atomic E-state index is 5.71. The highest BCUT2D eigenvalue weighted by Crippen LogP contribution is 2.13. The predicted molar refractivity (Wildman–Crippen MR) is 89.0 cm³/mol. The summed E-state index contributed by atoms with van der Waals surface area (Å²) in [7, 11) is 0. The largest absolute Gasteiger partial charge is 0.370 e. The van der Waals surface area contributed by atoms with Crippen LogP contribution in [0.2, 0.25) is 0 Å². The molecule has 0 saturated heterocycles. The van der Waals surface area contributed by atoms with Gasteiger partial charge >= 0.3 is 0 Å². The molecule has 19 heavy (non-hydrogen) atoms. The first kappa shape index (κ1) is 17.9. The molecule has 5 nitrogen and oxygen atoms in total. The maximum absolute atomic E-state index is 5.71. The molecule has 1 heterocycles. The Morgan fingerprint density at radius 1 is 1.47 bits per heavy atom. The van der Waals surface area contributed by atoms with Crippen molar-refractivity contribution in [3.8, 4) is 0 Å². The molecule has 0 aromatic carbocycles. The summed E-state index contributed by atoms with van der Waals surface area (Å²) >= 11 is 0. The first-order valence-electron chi connectivity index (χ1n) is 6.10. The van der Waals surface area contributed by atoms with Crippen molar-refractivity contribution in [2.24, 2.45) is 10.7 Å². The van der Waals surface area contributed by atoms with Crippen molar-refractivity contribution < 1.29 is 4.52 Å². The number of rotatable bonds is 6. The van der Waals surface area contributed by atoms with Crippen LogP contribution in [0.25, 0.3) is 0 Å². The van der Waals surface area contributed by atoms with Crippen LogP contribution in [0.4, 0.5) is 0 Å². The standard InChI is InChI=1S/C13H22N4O.HI/c1-9(2)8-16-13(14)15-7-5-6-12-10(3)17-18-11(12)4;/h1,5-8H2,2-4H3,(H3,14,15,16);1H. The molecule has 1 aromatic rings. The summed E-state index contributed by atoms with van der Waals surface area (Å²) in [5.74, 6) is 1.37. The summed E-state index contributed by atoms with van der Waals surface area (Å²) in [6, 6.07) is 0. The molecule has 0 unspecified atom stereocenters. The Morgan fingerprint density at radius 2 is 2.16 bits per heavy atom. The van der Waals surface area contributed by atoms with Crippen LogP contribution < -0.4 is 11.1 Å². The summed E-state index contributed by atoms with van der Waals surface area (Å²) in [4.78, 5) is 4.15. The zero-order valence-electron chi connectivity index (χ0n) is 11.8. The predicted octanol–water partition coefficient (Wildman–Crippen LogP) is 2.32. The van der Waals surface area contributed by atoms with E-state index < -0.39 is 0 Å². The second-order valence-electron chi connectivity index (χ2n) is 4.49. The molecule has 3 N–H and O–H groups in total. The highest BCUT2D eigenvalue weighted by atomic mass is 127. The molecule has 0 radical (unpaired) electrons. The van der Waals surface area contributed by atoms with Gasteiger partial charge < -0.3 is 15.6 Å². The fourth-order valence-electron chi connectivity index (χ4n) is 1.62. The van der Waals surface area contributed by atoms with Gasteiger partial charge in [0.05, 0.1) is 12.2 Å². The Labute approximate surface area is 131 Å². The number of nitrogens with two attached hydrogens (primary N) is 1. The minimum Gasteiger partial charge on any atom is -0.370 e. The van der Waals surface area contributed by atoms with E-state index >= 15 is 0 Å². The fraction of sp³-hybridized carbons (Fsp3) is 0.538. The van der Waals surface area contributed by atoms with Gasteiger partial charge in [0, 0.05) is 12.1 Å². The van der Waals surface area contributed by atoms with Crippen LogP contribution in [0.15, 0.2) is 21.7 Å². The van der Waals surface area contributed by atoms with Gasteiger partial charge in [-0.25, -0.2) is 4.99 Å². The van der Waals surface area contributed by atoms with Gasteiger partial charge in [-0.05, 0) is 33.6 Å². The minimum atomic E-state index is 0. The van der Waals surface area contributed by atoms with Crippen LogP contribution in [0.5, 0.6) is 0 Å². The fourth-order valence-corrected chi connectivity index (χ4v) is 1.62. The number of aliphatic imine (C=N–C) groups is 1. The molecule has 1 rings (SSSR count). The third kappa shape index (κ3) is 6.60. The van der Waals surface area contributed by atoms with Gasteiger partial charge in [-0.1, -0.05) is 17.3 Å². The molecule has 0 bridgehead atoms. The number of aromatic nitrogens is 1. The van der Waals surface area contributed by atoms with Crippen molar-refractivity contribution in [1.82, 2.24) is 10.5 Å². The lowest BCUT2D eigenvalue weighted by atomic mass is 10.1. The molecule has 0 amide bonds. The number of hydrogen-bond donors (Lipinski definition) is 2. The highest BCUT2D eigenvalue weighted by molar-refractivity contribution is 14.0. The molecular formula is C13H23IN4O. The molecule has 0 saturated carbocycles. The number of guanidine groups is 1. The Kier molecular flexibility index (Phi) is 8.46. The molecule has 1 aromatic heterocycles. The lowest BCUT2D eigenvalue weighted by Gasteiger charge is -2.05. The lowest BCUT2D eigenvalue weighted by molar-refractivity contribution is 0.392. The van der Waals surface area contributed by atoms with Gasteiger partial charge in [-0.2, -0.15) is 0 Å². The van der Waals surface area contributed by atoms with E-state index in [1.807, 2.05) is 20.8 Å². The summed E-state index contributed by atoms with van der Waals surface area (Å²) in [6.45, 7) is 10.9. The van der Waals surface area contributed by atoms with E-state index in [2.05, 4.69) is 22.0 Å². The zero-order chi connectivity index (χ0) is 13.5. The van der Waals surface area contributed by atoms with Crippen molar-refractivity contribution in [2.45, 2.75) is 33.6 Å². The third-order valence-corrected chi connectivity index (χ3v) is 2.61. The van der Waals surface area contributed by atoms with E-state index in [9.17, 15) is 0 Å². The van der Waals surface area contributed by atoms with Gasteiger partial charge in [0.15, 0.2) is 5.96 Å². The monoisotopic (exact) mass is 378 g/mol. The van der Waals surface area contributed by atoms with Crippen molar-refractivity contribution in [3.05, 3.63) is 29.2 Å². The van der Waals surface area contributed by atoms with Gasteiger partial charge in [-0.15, -0.1) is 24.0 Å². The number of halogens is 1. The number of hydrogen-bond acceptors (Lipinski definition) is 3. The quantitative estimate of drug-likeness (QED) is 0.262. The summed E-state index contributed by atoms with van der Waals surface area (Å²) < 4.78 is 5.11. The van der Waals surface area contributed by atoms with Crippen molar-refractivity contribution >= 4 is 29.9 Å². The van der Waals surface area contributed by atoms with Gasteiger partial charge in [0.1, 0.15) is 5.76 Å². The van der Waals surface area contributed by atoms with E-state index in [4.69, 9.17) is 10.3 Å². The molecule has 0 fully saturated rings. The Morgan fingerprint density at radius 3 is 2.68 bits per heavy atom. The second kappa shape index (κ2) is 8.95. The van der Waals surface area contributed by atoms with Crippen molar-refractivity contribution in [1.29, 1.82) is 0 Å². The van der Waals surface area contributed by atoms with Crippen LogP contribution in [0.3, 0.4) is 0 Å². The van der Waals surface area contributed by atoms with Gasteiger partial charge in [0.25, 0.3) is 0 Å². The summed E-state index contributed by atoms with van der Waals surface area (Å²) in [5.41, 5.74) is 8.86. The summed E-state index contributed by atoms with van der Waals surface area (Å²) in [5, 5.41) is 7.00. The highest BCUT2D eigenvalue weighted by Gasteiger charge is 2.07. The Bertz CT molecular complexity index is 420. The molecule has 0 aliphatic heterocycles. The van der Waals surface area contributed by atoms with Crippen molar-refractivity contribution in [3.63, 3.8) is 0 Å². The van der Waals surface area contributed by atoms with E-state index in [1.54, 1.807) is 0 Å². The number of aryl methyl sites for hydroxylation is 2. The second-order valence-corrected chi connectivity index (χ2v) is 4.49. The first-order valence-corrected chi connectivity index (χ1v) is 6.10. The van der Waals surface area contributed by atoms with Crippen LogP contribution in [0, 0.1) is 13.8 Å². The number of nitrogens with one attached hydrogen (secondary N) is 1. The minimum absolute atomic E-state index is 0. The average Bonchev–Trinajstić information content (AvgIpc) is 2.63. The summed E-state index contributed by atoms with van der Waals surface area (Å²) in [6.07, 6.45) is 1.90. The molecule has 0 aliphatic carbocycles. The Balaban J connectivity index is 0.00000324. The van der Waals surface area contributed by atoms with Crippen LogP contribution in [0.1, 0.15) is 30.4 Å². The molecule has 0 aliphatic rings. The average molecular weight is 378 g/mol. The van der Waals surface area contributed by atoms with Gasteiger partial charge in [0.2, 0.25) is 0 Å². The lowest BCUT2D eigenvalue weighted by Crippen LogP contribution is -2.32. The first-order chi connectivity index (χ1) is 8.50. The number of nitrogens with zero attached hydrogens (tertiary/aromatic N) is 2. The van der Waals surface area contributed by atoms with Crippen LogP contribution in [-0.4, -0.2) is 24.2 Å². The maximum Gasteiger partial charge on any atom is 0.188 e. The zero-order valence-corrected chi connectivity index (χ0v) is 14.2. The molecule has 0 spiro atoms. The molecule has 6 heteroatoms. The normalized spacial score (nSPS) is 11.0. The van der Waals surface area contributed by atoms with E-state index in [1.165, 1.54) is 5.56 Å². The van der Waals surface area contributed by atoms with Crippen molar-refractivity contribution in [2.75, 3.05) is 13.1 Å². The SMILES string of the molecule is C=C(C)CN=C(N)NCCCc1c(C)noc1C.I.